The molecular weight excluding hydrogens is 347 g/mol. The predicted octanol–water partition coefficient (Wildman–Crippen LogP) is 1.81. The molecule has 1 fully saturated rings. The van der Waals surface area contributed by atoms with Gasteiger partial charge in [-0.05, 0) is 31.5 Å². The van der Waals surface area contributed by atoms with Crippen LogP contribution < -0.4 is 16.0 Å². The van der Waals surface area contributed by atoms with Crippen molar-refractivity contribution in [2.45, 2.75) is 26.3 Å². The van der Waals surface area contributed by atoms with E-state index in [1.54, 1.807) is 0 Å². The number of hydrogen-bond donors (Lipinski definition) is 2. The Balaban J connectivity index is 0.00000264. The van der Waals surface area contributed by atoms with E-state index in [2.05, 4.69) is 46.3 Å². The maximum absolute atomic E-state index is 11.8. The summed E-state index contributed by atoms with van der Waals surface area (Å²) in [5.41, 5.74) is 8.11. The van der Waals surface area contributed by atoms with Crippen LogP contribution in [0.4, 0.5) is 5.69 Å². The van der Waals surface area contributed by atoms with Crippen molar-refractivity contribution in [3.63, 3.8) is 0 Å². The number of halogens is 2. The Morgan fingerprint density at radius 3 is 2.50 bits per heavy atom. The van der Waals surface area contributed by atoms with Gasteiger partial charge in [0.2, 0.25) is 5.91 Å². The number of rotatable bonds is 6. The average molecular weight is 377 g/mol. The van der Waals surface area contributed by atoms with Crippen molar-refractivity contribution < 1.29 is 4.79 Å². The molecule has 0 aliphatic carbocycles. The van der Waals surface area contributed by atoms with Gasteiger partial charge in [0.15, 0.2) is 0 Å². The summed E-state index contributed by atoms with van der Waals surface area (Å²) in [5, 5.41) is 2.91. The van der Waals surface area contributed by atoms with E-state index in [9.17, 15) is 4.79 Å². The van der Waals surface area contributed by atoms with E-state index < -0.39 is 0 Å². The Labute approximate surface area is 157 Å². The molecule has 1 amide bonds. The van der Waals surface area contributed by atoms with Crippen molar-refractivity contribution in [1.82, 2.24) is 10.2 Å². The fourth-order valence-corrected chi connectivity index (χ4v) is 2.72. The van der Waals surface area contributed by atoms with Crippen molar-refractivity contribution in [2.24, 2.45) is 5.73 Å². The topological polar surface area (TPSA) is 61.6 Å². The first kappa shape index (κ1) is 23.0. The van der Waals surface area contributed by atoms with Crippen molar-refractivity contribution >= 4 is 36.4 Å². The minimum Gasteiger partial charge on any atom is -0.369 e. The van der Waals surface area contributed by atoms with Crippen LogP contribution in [0.3, 0.4) is 0 Å². The van der Waals surface area contributed by atoms with Gasteiger partial charge >= 0.3 is 0 Å². The van der Waals surface area contributed by atoms with Crippen molar-refractivity contribution in [1.29, 1.82) is 0 Å². The highest BCUT2D eigenvalue weighted by atomic mass is 35.5. The number of carbonyl (C=O) groups excluding carboxylic acids is 1. The number of piperazine rings is 1. The number of benzene rings is 1. The number of nitrogens with one attached hydrogen (secondary N) is 1. The van der Waals surface area contributed by atoms with Gasteiger partial charge in [-0.1, -0.05) is 12.1 Å². The molecule has 1 heterocycles. The van der Waals surface area contributed by atoms with E-state index in [1.807, 2.05) is 6.92 Å². The van der Waals surface area contributed by atoms with Gasteiger partial charge in [-0.2, -0.15) is 0 Å². The lowest BCUT2D eigenvalue weighted by Crippen LogP contribution is -2.47. The number of aryl methyl sites for hydroxylation is 1. The first-order valence-electron chi connectivity index (χ1n) is 8.12. The van der Waals surface area contributed by atoms with Crippen LogP contribution in [-0.4, -0.2) is 56.1 Å². The van der Waals surface area contributed by atoms with Crippen LogP contribution in [0.5, 0.6) is 0 Å². The monoisotopic (exact) mass is 376 g/mol. The molecule has 3 N–H and O–H groups in total. The highest BCUT2D eigenvalue weighted by Crippen LogP contribution is 2.17. The Kier molecular flexibility index (Phi) is 11.0. The summed E-state index contributed by atoms with van der Waals surface area (Å²) in [4.78, 5) is 16.6. The lowest BCUT2D eigenvalue weighted by Gasteiger charge is -2.36. The molecule has 1 atom stereocenters. The molecule has 1 aliphatic heterocycles. The molecule has 0 bridgehead atoms. The zero-order valence-electron chi connectivity index (χ0n) is 14.5. The standard InChI is InChI=1S/C17H28N4O.2ClH/c1-14-4-3-5-16(12-14)21-10-8-20(9-11-21)7-6-17(22)19-15(2)13-18;;/h3-5,12,15H,6-11,13,18H2,1-2H3,(H,19,22);2*1H/t15-;;/m0../s1. The van der Waals surface area contributed by atoms with Crippen molar-refractivity contribution in [3.8, 4) is 0 Å². The molecule has 1 saturated heterocycles. The summed E-state index contributed by atoms with van der Waals surface area (Å²) in [7, 11) is 0. The van der Waals surface area contributed by atoms with Crippen molar-refractivity contribution in [2.75, 3.05) is 44.2 Å². The third kappa shape index (κ3) is 7.26. The van der Waals surface area contributed by atoms with Crippen LogP contribution in [0, 0.1) is 6.92 Å². The van der Waals surface area contributed by atoms with Gasteiger partial charge < -0.3 is 16.0 Å². The van der Waals surface area contributed by atoms with E-state index in [0.29, 0.717) is 13.0 Å². The summed E-state index contributed by atoms with van der Waals surface area (Å²) in [6.07, 6.45) is 0.550. The highest BCUT2D eigenvalue weighted by molar-refractivity contribution is 5.85. The molecule has 5 nitrogen and oxygen atoms in total. The lowest BCUT2D eigenvalue weighted by molar-refractivity contribution is -0.122. The molecule has 138 valence electrons. The van der Waals surface area contributed by atoms with Gasteiger partial charge in [-0.25, -0.2) is 0 Å². The van der Waals surface area contributed by atoms with Crippen LogP contribution in [0.15, 0.2) is 24.3 Å². The van der Waals surface area contributed by atoms with Crippen molar-refractivity contribution in [3.05, 3.63) is 29.8 Å². The fraction of sp³-hybridized carbons (Fsp3) is 0.588. The SMILES string of the molecule is Cc1cccc(N2CCN(CCC(=O)N[C@@H](C)CN)CC2)c1.Cl.Cl. The minimum absolute atomic E-state index is 0. The largest absolute Gasteiger partial charge is 0.369 e. The van der Waals surface area contributed by atoms with Crippen LogP contribution in [0.1, 0.15) is 18.9 Å². The summed E-state index contributed by atoms with van der Waals surface area (Å²) in [5.74, 6) is 0.0964. The number of anilines is 1. The maximum Gasteiger partial charge on any atom is 0.221 e. The first-order chi connectivity index (χ1) is 10.6. The quantitative estimate of drug-likeness (QED) is 0.794. The zero-order valence-corrected chi connectivity index (χ0v) is 16.2. The third-order valence-corrected chi connectivity index (χ3v) is 4.16. The summed E-state index contributed by atoms with van der Waals surface area (Å²) in [6, 6.07) is 8.70. The zero-order chi connectivity index (χ0) is 15.9. The Morgan fingerprint density at radius 1 is 1.25 bits per heavy atom. The van der Waals surface area contributed by atoms with Gasteiger partial charge in [0, 0.05) is 57.4 Å². The van der Waals surface area contributed by atoms with Crippen LogP contribution >= 0.6 is 24.8 Å². The number of hydrogen-bond acceptors (Lipinski definition) is 4. The van der Waals surface area contributed by atoms with E-state index in [0.717, 1.165) is 32.7 Å². The minimum atomic E-state index is 0. The Bertz CT molecular complexity index is 493. The van der Waals surface area contributed by atoms with E-state index >= 15 is 0 Å². The Hall–Kier alpha value is -1.01. The second-order valence-electron chi connectivity index (χ2n) is 6.12. The van der Waals surface area contributed by atoms with Crippen LogP contribution in [0.2, 0.25) is 0 Å². The number of nitrogens with zero attached hydrogens (tertiary/aromatic N) is 2. The number of carbonyl (C=O) groups is 1. The average Bonchev–Trinajstić information content (AvgIpc) is 2.53. The molecular formula is C17H30Cl2N4O. The summed E-state index contributed by atoms with van der Waals surface area (Å²) in [6.45, 7) is 9.42. The molecule has 24 heavy (non-hydrogen) atoms. The second kappa shape index (κ2) is 11.5. The van der Waals surface area contributed by atoms with Gasteiger partial charge in [0.25, 0.3) is 0 Å². The molecule has 1 aliphatic rings. The molecule has 0 unspecified atom stereocenters. The predicted molar refractivity (Wildman–Crippen MR) is 106 cm³/mol. The van der Waals surface area contributed by atoms with Gasteiger partial charge in [0.05, 0.1) is 0 Å². The Morgan fingerprint density at radius 2 is 1.92 bits per heavy atom. The second-order valence-corrected chi connectivity index (χ2v) is 6.12. The summed E-state index contributed by atoms with van der Waals surface area (Å²) >= 11 is 0. The normalized spacial score (nSPS) is 15.9. The van der Waals surface area contributed by atoms with Gasteiger partial charge in [-0.15, -0.1) is 24.8 Å². The third-order valence-electron chi connectivity index (χ3n) is 4.16. The molecule has 0 aromatic heterocycles. The highest BCUT2D eigenvalue weighted by Gasteiger charge is 2.18. The maximum atomic E-state index is 11.8. The van der Waals surface area contributed by atoms with Gasteiger partial charge in [-0.3, -0.25) is 9.69 Å². The molecule has 0 radical (unpaired) electrons. The lowest BCUT2D eigenvalue weighted by atomic mass is 10.2. The van der Waals surface area contributed by atoms with Crippen LogP contribution in [-0.2, 0) is 4.79 Å². The van der Waals surface area contributed by atoms with E-state index in [4.69, 9.17) is 5.73 Å². The summed E-state index contributed by atoms with van der Waals surface area (Å²) < 4.78 is 0. The molecule has 1 aromatic carbocycles. The van der Waals surface area contributed by atoms with E-state index in [-0.39, 0.29) is 36.8 Å². The fourth-order valence-electron chi connectivity index (χ4n) is 2.72. The molecule has 7 heteroatoms. The first-order valence-corrected chi connectivity index (χ1v) is 8.12. The smallest absolute Gasteiger partial charge is 0.221 e. The molecule has 0 spiro atoms. The molecule has 2 rings (SSSR count). The van der Waals surface area contributed by atoms with Gasteiger partial charge in [0.1, 0.15) is 0 Å². The van der Waals surface area contributed by atoms with Crippen LogP contribution in [0.25, 0.3) is 0 Å². The van der Waals surface area contributed by atoms with E-state index in [1.165, 1.54) is 11.3 Å². The number of amides is 1. The number of nitrogens with two attached hydrogens (primary N) is 1. The molecule has 0 saturated carbocycles. The molecule has 1 aromatic rings.